The number of nitrogens with zero attached hydrogens (tertiary/aromatic N) is 1. The number of thioether (sulfide) groups is 1. The highest BCUT2D eigenvalue weighted by atomic mass is 32.2. The minimum Gasteiger partial charge on any atom is -0.378 e. The van der Waals surface area contributed by atoms with Crippen LogP contribution in [-0.4, -0.2) is 44.5 Å². The molecule has 0 aromatic heterocycles. The lowest BCUT2D eigenvalue weighted by atomic mass is 10.1. The molecular weight excluding hydrogens is 346 g/mol. The summed E-state index contributed by atoms with van der Waals surface area (Å²) in [6.07, 6.45) is 2.00. The largest absolute Gasteiger partial charge is 0.378 e. The normalized spacial score (nSPS) is 10.3. The van der Waals surface area contributed by atoms with E-state index in [1.165, 1.54) is 0 Å². The van der Waals surface area contributed by atoms with E-state index >= 15 is 0 Å². The van der Waals surface area contributed by atoms with E-state index in [1.807, 2.05) is 50.4 Å². The SMILES string of the molecule is CSCCNC(=O)c1ccc(C)c(NC(=O)c2ccc(N(C)C)cc2)c1. The smallest absolute Gasteiger partial charge is 0.255 e. The molecule has 2 rings (SSSR count). The topological polar surface area (TPSA) is 61.4 Å². The number of nitrogens with one attached hydrogen (secondary N) is 2. The standard InChI is InChI=1S/C20H25N3O2S/c1-14-5-6-16(19(24)21-11-12-26-4)13-18(14)22-20(25)15-7-9-17(10-8-15)23(2)3/h5-10,13H,11-12H2,1-4H3,(H,21,24)(H,22,25). The summed E-state index contributed by atoms with van der Waals surface area (Å²) in [4.78, 5) is 26.7. The second-order valence-electron chi connectivity index (χ2n) is 6.17. The van der Waals surface area contributed by atoms with E-state index in [9.17, 15) is 9.59 Å². The Morgan fingerprint density at radius 2 is 1.65 bits per heavy atom. The van der Waals surface area contributed by atoms with Gasteiger partial charge in [0.1, 0.15) is 0 Å². The van der Waals surface area contributed by atoms with E-state index in [0.29, 0.717) is 23.4 Å². The number of amides is 2. The maximum absolute atomic E-state index is 12.5. The molecule has 0 bridgehead atoms. The highest BCUT2D eigenvalue weighted by molar-refractivity contribution is 7.98. The molecule has 5 nitrogen and oxygen atoms in total. The van der Waals surface area contributed by atoms with Crippen LogP contribution < -0.4 is 15.5 Å². The quantitative estimate of drug-likeness (QED) is 0.732. The number of anilines is 2. The molecule has 26 heavy (non-hydrogen) atoms. The Hall–Kier alpha value is -2.47. The van der Waals surface area contributed by atoms with Crippen LogP contribution in [0.4, 0.5) is 11.4 Å². The fourth-order valence-electron chi connectivity index (χ4n) is 2.37. The average molecular weight is 372 g/mol. The van der Waals surface area contributed by atoms with Crippen LogP contribution in [0.25, 0.3) is 0 Å². The minimum absolute atomic E-state index is 0.134. The molecule has 0 fully saturated rings. The lowest BCUT2D eigenvalue weighted by Crippen LogP contribution is -2.26. The van der Waals surface area contributed by atoms with Crippen molar-refractivity contribution in [3.8, 4) is 0 Å². The third-order valence-electron chi connectivity index (χ3n) is 3.99. The van der Waals surface area contributed by atoms with Gasteiger partial charge in [0.05, 0.1) is 0 Å². The molecule has 0 radical (unpaired) electrons. The monoisotopic (exact) mass is 371 g/mol. The van der Waals surface area contributed by atoms with E-state index in [-0.39, 0.29) is 11.8 Å². The number of rotatable bonds is 7. The predicted molar refractivity (Wildman–Crippen MR) is 111 cm³/mol. The lowest BCUT2D eigenvalue weighted by Gasteiger charge is -2.13. The maximum Gasteiger partial charge on any atom is 0.255 e. The summed E-state index contributed by atoms with van der Waals surface area (Å²) in [5, 5.41) is 5.77. The van der Waals surface area contributed by atoms with Crippen molar-refractivity contribution in [3.05, 3.63) is 59.2 Å². The van der Waals surface area contributed by atoms with E-state index in [1.54, 1.807) is 36.0 Å². The molecule has 0 spiro atoms. The Labute approximate surface area is 159 Å². The minimum atomic E-state index is -0.196. The van der Waals surface area contributed by atoms with Crippen molar-refractivity contribution in [1.29, 1.82) is 0 Å². The van der Waals surface area contributed by atoms with Gasteiger partial charge in [0.25, 0.3) is 11.8 Å². The Morgan fingerprint density at radius 1 is 1.00 bits per heavy atom. The van der Waals surface area contributed by atoms with Gasteiger partial charge in [-0.15, -0.1) is 0 Å². The molecule has 2 amide bonds. The molecule has 0 heterocycles. The zero-order valence-corrected chi connectivity index (χ0v) is 16.4. The van der Waals surface area contributed by atoms with E-state index in [2.05, 4.69) is 10.6 Å². The van der Waals surface area contributed by atoms with Crippen LogP contribution in [0.15, 0.2) is 42.5 Å². The summed E-state index contributed by atoms with van der Waals surface area (Å²) < 4.78 is 0. The number of carbonyl (C=O) groups excluding carboxylic acids is 2. The molecule has 0 aliphatic heterocycles. The summed E-state index contributed by atoms with van der Waals surface area (Å²) in [5.74, 6) is 0.535. The summed E-state index contributed by atoms with van der Waals surface area (Å²) in [6, 6.07) is 12.7. The van der Waals surface area contributed by atoms with Crippen molar-refractivity contribution in [2.75, 3.05) is 42.9 Å². The van der Waals surface area contributed by atoms with Gasteiger partial charge >= 0.3 is 0 Å². The molecular formula is C20H25N3O2S. The fourth-order valence-corrected chi connectivity index (χ4v) is 2.68. The molecule has 0 atom stereocenters. The van der Waals surface area contributed by atoms with Gasteiger partial charge in [-0.3, -0.25) is 9.59 Å². The van der Waals surface area contributed by atoms with Crippen LogP contribution in [0.1, 0.15) is 26.3 Å². The Bertz CT molecular complexity index is 773. The van der Waals surface area contributed by atoms with Crippen molar-refractivity contribution in [1.82, 2.24) is 5.32 Å². The Morgan fingerprint density at radius 3 is 2.27 bits per heavy atom. The zero-order chi connectivity index (χ0) is 19.1. The van der Waals surface area contributed by atoms with Crippen LogP contribution >= 0.6 is 11.8 Å². The van der Waals surface area contributed by atoms with Gasteiger partial charge in [-0.2, -0.15) is 11.8 Å². The van der Waals surface area contributed by atoms with Crippen molar-refractivity contribution >= 4 is 35.0 Å². The first kappa shape index (κ1) is 19.8. The number of carbonyl (C=O) groups is 2. The van der Waals surface area contributed by atoms with Gasteiger partial charge in [0.2, 0.25) is 0 Å². The van der Waals surface area contributed by atoms with Gasteiger partial charge in [-0.25, -0.2) is 0 Å². The van der Waals surface area contributed by atoms with Crippen LogP contribution in [-0.2, 0) is 0 Å². The summed E-state index contributed by atoms with van der Waals surface area (Å²) in [7, 11) is 3.91. The molecule has 0 aliphatic rings. The zero-order valence-electron chi connectivity index (χ0n) is 15.6. The van der Waals surface area contributed by atoms with E-state index in [4.69, 9.17) is 0 Å². The van der Waals surface area contributed by atoms with Gasteiger partial charge in [0, 0.05) is 48.9 Å². The molecule has 2 N–H and O–H groups in total. The number of hydrogen-bond donors (Lipinski definition) is 2. The summed E-state index contributed by atoms with van der Waals surface area (Å²) >= 11 is 1.68. The number of benzene rings is 2. The maximum atomic E-state index is 12.5. The summed E-state index contributed by atoms with van der Waals surface area (Å²) in [5.41, 5.74) is 3.69. The van der Waals surface area contributed by atoms with Crippen LogP contribution in [0, 0.1) is 6.92 Å². The first-order chi connectivity index (χ1) is 12.4. The van der Waals surface area contributed by atoms with Crippen molar-refractivity contribution in [2.45, 2.75) is 6.92 Å². The Balaban J connectivity index is 2.11. The van der Waals surface area contributed by atoms with Gasteiger partial charge in [0.15, 0.2) is 0 Å². The number of hydrogen-bond acceptors (Lipinski definition) is 4. The summed E-state index contributed by atoms with van der Waals surface area (Å²) in [6.45, 7) is 2.52. The van der Waals surface area contributed by atoms with Crippen LogP contribution in [0.5, 0.6) is 0 Å². The molecule has 6 heteroatoms. The molecule has 0 saturated heterocycles. The lowest BCUT2D eigenvalue weighted by molar-refractivity contribution is 0.0954. The first-order valence-electron chi connectivity index (χ1n) is 8.39. The highest BCUT2D eigenvalue weighted by Gasteiger charge is 2.11. The third kappa shape index (κ3) is 5.26. The van der Waals surface area contributed by atoms with Crippen molar-refractivity contribution in [2.24, 2.45) is 0 Å². The molecule has 0 aliphatic carbocycles. The molecule has 2 aromatic rings. The predicted octanol–water partition coefficient (Wildman–Crippen LogP) is 3.41. The molecule has 2 aromatic carbocycles. The first-order valence-corrected chi connectivity index (χ1v) is 9.78. The van der Waals surface area contributed by atoms with Crippen molar-refractivity contribution in [3.63, 3.8) is 0 Å². The van der Waals surface area contributed by atoms with E-state index < -0.39 is 0 Å². The van der Waals surface area contributed by atoms with Crippen LogP contribution in [0.2, 0.25) is 0 Å². The average Bonchev–Trinajstić information content (AvgIpc) is 2.63. The Kier molecular flexibility index (Phi) is 7.09. The van der Waals surface area contributed by atoms with Gasteiger partial charge in [-0.1, -0.05) is 6.07 Å². The number of aryl methyl sites for hydroxylation is 1. The third-order valence-corrected chi connectivity index (χ3v) is 4.60. The van der Waals surface area contributed by atoms with Gasteiger partial charge < -0.3 is 15.5 Å². The van der Waals surface area contributed by atoms with Crippen molar-refractivity contribution < 1.29 is 9.59 Å². The van der Waals surface area contributed by atoms with E-state index in [0.717, 1.165) is 17.0 Å². The van der Waals surface area contributed by atoms with Gasteiger partial charge in [-0.05, 0) is 55.1 Å². The fraction of sp³-hybridized carbons (Fsp3) is 0.300. The second-order valence-corrected chi connectivity index (χ2v) is 7.16. The highest BCUT2D eigenvalue weighted by Crippen LogP contribution is 2.19. The molecule has 0 unspecified atom stereocenters. The van der Waals surface area contributed by atoms with Crippen LogP contribution in [0.3, 0.4) is 0 Å². The molecule has 0 saturated carbocycles. The second kappa shape index (κ2) is 9.29. The molecule has 138 valence electrons.